The van der Waals surface area contributed by atoms with Gasteiger partial charge in [-0.25, -0.2) is 0 Å². The predicted octanol–water partition coefficient (Wildman–Crippen LogP) is 2.70. The first-order valence-electron chi connectivity index (χ1n) is 7.03. The molecule has 1 N–H and O–H groups in total. The third-order valence-corrected chi connectivity index (χ3v) is 3.39. The summed E-state index contributed by atoms with van der Waals surface area (Å²) in [6.07, 6.45) is 2.20. The van der Waals surface area contributed by atoms with E-state index in [9.17, 15) is 0 Å². The molecule has 19 heavy (non-hydrogen) atoms. The van der Waals surface area contributed by atoms with E-state index in [2.05, 4.69) is 73.2 Å². The second-order valence-electron chi connectivity index (χ2n) is 5.70. The Labute approximate surface area is 116 Å². The van der Waals surface area contributed by atoms with Crippen molar-refractivity contribution in [3.8, 4) is 0 Å². The highest BCUT2D eigenvalue weighted by Crippen LogP contribution is 2.20. The molecule has 3 nitrogen and oxygen atoms in total. The number of fused-ring (bicyclic) bond motifs is 1. The van der Waals surface area contributed by atoms with Gasteiger partial charge in [0.05, 0.1) is 0 Å². The molecule has 0 fully saturated rings. The van der Waals surface area contributed by atoms with Gasteiger partial charge in [0.1, 0.15) is 0 Å². The molecular formula is C16H25N3. The molecule has 0 aliphatic heterocycles. The van der Waals surface area contributed by atoms with E-state index in [4.69, 9.17) is 0 Å². The largest absolute Gasteiger partial charge is 0.346 e. The molecule has 0 radical (unpaired) electrons. The standard InChI is InChI=1S/C16H25N3/c1-13(2)17-12-14-6-5-7-16-15(14)8-9-19(16)11-10-18(3)4/h5-9,13,17H,10-12H2,1-4H3. The van der Waals surface area contributed by atoms with Crippen LogP contribution in [-0.2, 0) is 13.1 Å². The van der Waals surface area contributed by atoms with Gasteiger partial charge in [-0.3, -0.25) is 0 Å². The fraction of sp³-hybridized carbons (Fsp3) is 0.500. The van der Waals surface area contributed by atoms with Crippen LogP contribution < -0.4 is 5.32 Å². The summed E-state index contributed by atoms with van der Waals surface area (Å²) in [7, 11) is 4.23. The van der Waals surface area contributed by atoms with Crippen molar-refractivity contribution < 1.29 is 0 Å². The maximum atomic E-state index is 3.50. The van der Waals surface area contributed by atoms with E-state index in [0.29, 0.717) is 6.04 Å². The van der Waals surface area contributed by atoms with Crippen molar-refractivity contribution in [3.05, 3.63) is 36.0 Å². The first kappa shape index (κ1) is 14.1. The number of hydrogen-bond donors (Lipinski definition) is 1. The zero-order chi connectivity index (χ0) is 13.8. The van der Waals surface area contributed by atoms with Gasteiger partial charge in [-0.1, -0.05) is 26.0 Å². The Kier molecular flexibility index (Phi) is 4.61. The molecule has 1 heterocycles. The summed E-state index contributed by atoms with van der Waals surface area (Å²) in [5.41, 5.74) is 2.72. The molecule has 0 aliphatic rings. The van der Waals surface area contributed by atoms with Crippen LogP contribution in [0.25, 0.3) is 10.9 Å². The second-order valence-corrected chi connectivity index (χ2v) is 5.70. The number of nitrogens with one attached hydrogen (secondary N) is 1. The van der Waals surface area contributed by atoms with Crippen LogP contribution in [0.3, 0.4) is 0 Å². The minimum Gasteiger partial charge on any atom is -0.346 e. The lowest BCUT2D eigenvalue weighted by Crippen LogP contribution is -2.21. The molecule has 0 unspecified atom stereocenters. The first-order valence-corrected chi connectivity index (χ1v) is 7.03. The Bertz CT molecular complexity index is 526. The molecule has 3 heteroatoms. The molecule has 104 valence electrons. The molecular weight excluding hydrogens is 234 g/mol. The lowest BCUT2D eigenvalue weighted by molar-refractivity contribution is 0.387. The van der Waals surface area contributed by atoms with Crippen molar-refractivity contribution in [3.63, 3.8) is 0 Å². The van der Waals surface area contributed by atoms with E-state index in [-0.39, 0.29) is 0 Å². The minimum absolute atomic E-state index is 0.520. The monoisotopic (exact) mass is 259 g/mol. The normalized spacial score (nSPS) is 11.9. The molecule has 1 aromatic carbocycles. The summed E-state index contributed by atoms with van der Waals surface area (Å²) in [5, 5.41) is 4.87. The molecule has 2 rings (SSSR count). The number of nitrogens with zero attached hydrogens (tertiary/aromatic N) is 2. The van der Waals surface area contributed by atoms with Gasteiger partial charge in [0.25, 0.3) is 0 Å². The molecule has 0 atom stereocenters. The van der Waals surface area contributed by atoms with Crippen molar-refractivity contribution in [1.82, 2.24) is 14.8 Å². The van der Waals surface area contributed by atoms with E-state index in [0.717, 1.165) is 19.6 Å². The Balaban J connectivity index is 2.21. The van der Waals surface area contributed by atoms with Gasteiger partial charge in [-0.15, -0.1) is 0 Å². The zero-order valence-corrected chi connectivity index (χ0v) is 12.5. The van der Waals surface area contributed by atoms with Gasteiger partial charge >= 0.3 is 0 Å². The second kappa shape index (κ2) is 6.22. The summed E-state index contributed by atoms with van der Waals surface area (Å²) < 4.78 is 2.34. The Morgan fingerprint density at radius 2 is 2.00 bits per heavy atom. The summed E-state index contributed by atoms with van der Waals surface area (Å²) in [4.78, 5) is 2.22. The van der Waals surface area contributed by atoms with Crippen LogP contribution in [0.1, 0.15) is 19.4 Å². The number of rotatable bonds is 6. The molecule has 2 aromatic rings. The average Bonchev–Trinajstić information content (AvgIpc) is 2.77. The van der Waals surface area contributed by atoms with Crippen LogP contribution >= 0.6 is 0 Å². The lowest BCUT2D eigenvalue weighted by atomic mass is 10.1. The van der Waals surface area contributed by atoms with E-state index >= 15 is 0 Å². The minimum atomic E-state index is 0.520. The van der Waals surface area contributed by atoms with Gasteiger partial charge in [0.15, 0.2) is 0 Å². The van der Waals surface area contributed by atoms with Crippen LogP contribution in [0.2, 0.25) is 0 Å². The summed E-state index contributed by atoms with van der Waals surface area (Å²) >= 11 is 0. The van der Waals surface area contributed by atoms with E-state index in [1.807, 2.05) is 0 Å². The molecule has 0 saturated heterocycles. The Morgan fingerprint density at radius 3 is 2.68 bits per heavy atom. The molecule has 0 amide bonds. The van der Waals surface area contributed by atoms with E-state index < -0.39 is 0 Å². The third kappa shape index (κ3) is 3.58. The highest BCUT2D eigenvalue weighted by Gasteiger charge is 2.06. The van der Waals surface area contributed by atoms with Crippen LogP contribution in [0.5, 0.6) is 0 Å². The zero-order valence-electron chi connectivity index (χ0n) is 12.5. The van der Waals surface area contributed by atoms with Crippen molar-refractivity contribution in [1.29, 1.82) is 0 Å². The molecule has 0 spiro atoms. The lowest BCUT2D eigenvalue weighted by Gasteiger charge is -2.12. The maximum Gasteiger partial charge on any atom is 0.0483 e. The fourth-order valence-electron chi connectivity index (χ4n) is 2.26. The summed E-state index contributed by atoms with van der Waals surface area (Å²) in [5.74, 6) is 0. The van der Waals surface area contributed by atoms with Crippen LogP contribution in [0.15, 0.2) is 30.5 Å². The van der Waals surface area contributed by atoms with Crippen LogP contribution in [0.4, 0.5) is 0 Å². The predicted molar refractivity (Wildman–Crippen MR) is 82.5 cm³/mol. The summed E-state index contributed by atoms with van der Waals surface area (Å²) in [6.45, 7) is 7.41. The van der Waals surface area contributed by atoms with Gasteiger partial charge in [-0.2, -0.15) is 0 Å². The van der Waals surface area contributed by atoms with Crippen LogP contribution in [0, 0.1) is 0 Å². The van der Waals surface area contributed by atoms with Crippen molar-refractivity contribution in [2.45, 2.75) is 33.0 Å². The molecule has 0 aliphatic carbocycles. The van der Waals surface area contributed by atoms with Crippen molar-refractivity contribution in [2.75, 3.05) is 20.6 Å². The highest BCUT2D eigenvalue weighted by atomic mass is 15.1. The topological polar surface area (TPSA) is 20.2 Å². The van der Waals surface area contributed by atoms with Crippen LogP contribution in [-0.4, -0.2) is 36.1 Å². The first-order chi connectivity index (χ1) is 9.08. The molecule has 0 bridgehead atoms. The number of hydrogen-bond acceptors (Lipinski definition) is 2. The van der Waals surface area contributed by atoms with Gasteiger partial charge in [0.2, 0.25) is 0 Å². The van der Waals surface area contributed by atoms with Crippen molar-refractivity contribution >= 4 is 10.9 Å². The maximum absolute atomic E-state index is 3.50. The number of benzene rings is 1. The van der Waals surface area contributed by atoms with E-state index in [1.165, 1.54) is 16.5 Å². The fourth-order valence-corrected chi connectivity index (χ4v) is 2.26. The van der Waals surface area contributed by atoms with Crippen molar-refractivity contribution in [2.24, 2.45) is 0 Å². The van der Waals surface area contributed by atoms with E-state index in [1.54, 1.807) is 0 Å². The smallest absolute Gasteiger partial charge is 0.0483 e. The SMILES string of the molecule is CC(C)NCc1cccc2c1ccn2CCN(C)C. The number of aromatic nitrogens is 1. The van der Waals surface area contributed by atoms with Gasteiger partial charge < -0.3 is 14.8 Å². The third-order valence-electron chi connectivity index (χ3n) is 3.39. The average molecular weight is 259 g/mol. The highest BCUT2D eigenvalue weighted by molar-refractivity contribution is 5.83. The quantitative estimate of drug-likeness (QED) is 0.860. The van der Waals surface area contributed by atoms with Gasteiger partial charge in [0, 0.05) is 42.8 Å². The summed E-state index contributed by atoms with van der Waals surface area (Å²) in [6, 6.07) is 9.34. The van der Waals surface area contributed by atoms with Gasteiger partial charge in [-0.05, 0) is 31.8 Å². The molecule has 0 saturated carbocycles. The molecule has 1 aromatic heterocycles. The number of likely N-dealkylation sites (N-methyl/N-ethyl adjacent to an activating group) is 1. The Hall–Kier alpha value is -1.32. The Morgan fingerprint density at radius 1 is 1.21 bits per heavy atom.